The first kappa shape index (κ1) is 27.0. The molecule has 0 amide bonds. The van der Waals surface area contributed by atoms with Gasteiger partial charge in [-0.1, -0.05) is 36.4 Å². The number of alkyl halides is 3. The highest BCUT2D eigenvalue weighted by molar-refractivity contribution is 6.10. The van der Waals surface area contributed by atoms with Crippen LogP contribution in [0.5, 0.6) is 5.75 Å². The van der Waals surface area contributed by atoms with Gasteiger partial charge >= 0.3 is 6.18 Å². The van der Waals surface area contributed by atoms with Gasteiger partial charge in [-0.15, -0.1) is 0 Å². The molecule has 0 atom stereocenters. The van der Waals surface area contributed by atoms with E-state index in [0.717, 1.165) is 12.1 Å². The molecule has 1 aromatic carbocycles. The molecule has 0 saturated heterocycles. The Kier molecular flexibility index (Phi) is 10.4. The molecule has 35 heavy (non-hydrogen) atoms. The van der Waals surface area contributed by atoms with Crippen LogP contribution in [0.25, 0.3) is 5.57 Å². The standard InChI is InChI=1S/C26H24F3N3O3/c1-19(5-2-3-6-20-7-4-8-23(13-20)26(27,28)29)25(9-10-33)32-17-22(15-30)21-14-24(18-31-16-21)35-12-11-34/h2-5,7-11,13-18H,6,12,30H2,1H3/b3-2+,19-5-,22-15?,25-9+,32-17?. The van der Waals surface area contributed by atoms with Crippen LogP contribution in [0, 0.1) is 0 Å². The van der Waals surface area contributed by atoms with E-state index >= 15 is 0 Å². The summed E-state index contributed by atoms with van der Waals surface area (Å²) < 4.78 is 43.8. The molecular weight excluding hydrogens is 459 g/mol. The molecule has 0 radical (unpaired) electrons. The first-order chi connectivity index (χ1) is 16.8. The predicted octanol–water partition coefficient (Wildman–Crippen LogP) is 4.88. The number of pyridine rings is 1. The zero-order chi connectivity index (χ0) is 25.7. The molecule has 1 heterocycles. The zero-order valence-electron chi connectivity index (χ0n) is 18.9. The minimum absolute atomic E-state index is 0.113. The number of nitrogens with zero attached hydrogens (tertiary/aromatic N) is 2. The molecule has 0 unspecified atom stereocenters. The molecule has 2 rings (SSSR count). The molecule has 1 aromatic heterocycles. The fourth-order valence-corrected chi connectivity index (χ4v) is 2.86. The molecule has 6 nitrogen and oxygen atoms in total. The topological polar surface area (TPSA) is 94.6 Å². The normalized spacial score (nSPS) is 13.4. The summed E-state index contributed by atoms with van der Waals surface area (Å²) in [6.45, 7) is 1.63. The fourth-order valence-electron chi connectivity index (χ4n) is 2.86. The number of benzene rings is 1. The van der Waals surface area contributed by atoms with Crippen molar-refractivity contribution in [1.82, 2.24) is 4.98 Å². The number of aldehydes is 2. The number of nitrogens with two attached hydrogens (primary N) is 1. The molecule has 182 valence electrons. The second-order valence-electron chi connectivity index (χ2n) is 7.14. The second-order valence-corrected chi connectivity index (χ2v) is 7.14. The highest BCUT2D eigenvalue weighted by atomic mass is 19.4. The van der Waals surface area contributed by atoms with Crippen LogP contribution in [0.15, 0.2) is 89.5 Å². The summed E-state index contributed by atoms with van der Waals surface area (Å²) in [6.07, 6.45) is 9.26. The van der Waals surface area contributed by atoms with Gasteiger partial charge in [0.2, 0.25) is 0 Å². The van der Waals surface area contributed by atoms with E-state index in [2.05, 4.69) is 9.98 Å². The number of hydrogen-bond acceptors (Lipinski definition) is 6. The van der Waals surface area contributed by atoms with Crippen molar-refractivity contribution in [2.24, 2.45) is 10.7 Å². The summed E-state index contributed by atoms with van der Waals surface area (Å²) in [5, 5.41) is 0. The van der Waals surface area contributed by atoms with E-state index in [4.69, 9.17) is 10.5 Å². The zero-order valence-corrected chi connectivity index (χ0v) is 18.9. The SMILES string of the molecule is CC(=C/C=C/Cc1cccc(C(F)(F)F)c1)/C(=C\C=O)N=CC(=CN)c1cncc(OCC=O)c1. The quantitative estimate of drug-likeness (QED) is 0.213. The number of allylic oxidation sites excluding steroid dienone is 6. The first-order valence-electron chi connectivity index (χ1n) is 10.4. The number of aliphatic imine (C=N–C) groups is 1. The lowest BCUT2D eigenvalue weighted by Crippen LogP contribution is -2.04. The first-order valence-corrected chi connectivity index (χ1v) is 10.4. The van der Waals surface area contributed by atoms with Gasteiger partial charge in [-0.2, -0.15) is 13.2 Å². The largest absolute Gasteiger partial charge is 0.485 e. The third kappa shape index (κ3) is 8.88. The van der Waals surface area contributed by atoms with Crippen LogP contribution >= 0.6 is 0 Å². The average molecular weight is 483 g/mol. The van der Waals surface area contributed by atoms with Gasteiger partial charge in [-0.05, 0) is 36.6 Å². The van der Waals surface area contributed by atoms with Crippen molar-refractivity contribution < 1.29 is 27.5 Å². The van der Waals surface area contributed by atoms with E-state index in [1.54, 1.807) is 43.5 Å². The van der Waals surface area contributed by atoms with E-state index < -0.39 is 11.7 Å². The Hall–Kier alpha value is -4.27. The van der Waals surface area contributed by atoms with E-state index in [0.29, 0.717) is 52.7 Å². The van der Waals surface area contributed by atoms with Gasteiger partial charge in [0, 0.05) is 35.8 Å². The van der Waals surface area contributed by atoms with Crippen molar-refractivity contribution in [2.45, 2.75) is 19.5 Å². The van der Waals surface area contributed by atoms with Crippen LogP contribution in [0.1, 0.15) is 23.6 Å². The lowest BCUT2D eigenvalue weighted by Gasteiger charge is -2.07. The van der Waals surface area contributed by atoms with Crippen LogP contribution < -0.4 is 10.5 Å². The number of halogens is 3. The molecule has 0 aliphatic rings. The van der Waals surface area contributed by atoms with Crippen molar-refractivity contribution in [2.75, 3.05) is 6.61 Å². The highest BCUT2D eigenvalue weighted by Crippen LogP contribution is 2.29. The van der Waals surface area contributed by atoms with Crippen molar-refractivity contribution >= 4 is 24.4 Å². The van der Waals surface area contributed by atoms with E-state index in [1.807, 2.05) is 0 Å². The minimum Gasteiger partial charge on any atom is -0.485 e. The summed E-state index contributed by atoms with van der Waals surface area (Å²) >= 11 is 0. The third-order valence-corrected chi connectivity index (χ3v) is 4.61. The lowest BCUT2D eigenvalue weighted by molar-refractivity contribution is -0.137. The van der Waals surface area contributed by atoms with Crippen LogP contribution in [-0.4, -0.2) is 30.4 Å². The van der Waals surface area contributed by atoms with Gasteiger partial charge in [0.25, 0.3) is 0 Å². The Bertz CT molecular complexity index is 1180. The second kappa shape index (κ2) is 13.4. The van der Waals surface area contributed by atoms with Crippen molar-refractivity contribution in [3.63, 3.8) is 0 Å². The molecule has 0 fully saturated rings. The average Bonchev–Trinajstić information content (AvgIpc) is 2.85. The van der Waals surface area contributed by atoms with Crippen molar-refractivity contribution in [1.29, 1.82) is 0 Å². The Balaban J connectivity index is 2.13. The summed E-state index contributed by atoms with van der Waals surface area (Å²) in [5.74, 6) is 0.382. The molecule has 0 aliphatic carbocycles. The maximum absolute atomic E-state index is 12.8. The molecule has 0 saturated carbocycles. The number of rotatable bonds is 11. The molecule has 0 bridgehead atoms. The maximum atomic E-state index is 12.8. The summed E-state index contributed by atoms with van der Waals surface area (Å²) in [7, 11) is 0. The Morgan fingerprint density at radius 2 is 1.97 bits per heavy atom. The molecule has 2 aromatic rings. The number of carbonyl (C=O) groups excluding carboxylic acids is 2. The van der Waals surface area contributed by atoms with Gasteiger partial charge in [0.05, 0.1) is 17.5 Å². The van der Waals surface area contributed by atoms with Gasteiger partial charge in [-0.25, -0.2) is 0 Å². The van der Waals surface area contributed by atoms with Gasteiger partial charge in [0.15, 0.2) is 6.29 Å². The number of ether oxygens (including phenoxy) is 1. The molecule has 2 N–H and O–H groups in total. The van der Waals surface area contributed by atoms with Crippen molar-refractivity contribution in [3.05, 3.63) is 101 Å². The summed E-state index contributed by atoms with van der Waals surface area (Å²) in [4.78, 5) is 30.0. The highest BCUT2D eigenvalue weighted by Gasteiger charge is 2.30. The Morgan fingerprint density at radius 3 is 2.66 bits per heavy atom. The predicted molar refractivity (Wildman–Crippen MR) is 129 cm³/mol. The molecule has 0 spiro atoms. The number of carbonyl (C=O) groups is 2. The summed E-state index contributed by atoms with van der Waals surface area (Å²) in [6, 6.07) is 6.77. The monoisotopic (exact) mass is 483 g/mol. The van der Waals surface area contributed by atoms with Crippen LogP contribution in [0.4, 0.5) is 13.2 Å². The van der Waals surface area contributed by atoms with Gasteiger partial charge < -0.3 is 10.5 Å². The maximum Gasteiger partial charge on any atom is 0.416 e. The Morgan fingerprint density at radius 1 is 1.17 bits per heavy atom. The van der Waals surface area contributed by atoms with Gasteiger partial charge in [0.1, 0.15) is 18.6 Å². The van der Waals surface area contributed by atoms with E-state index in [9.17, 15) is 22.8 Å². The molecule has 0 aliphatic heterocycles. The smallest absolute Gasteiger partial charge is 0.416 e. The van der Waals surface area contributed by atoms with Crippen LogP contribution in [0.2, 0.25) is 0 Å². The summed E-state index contributed by atoms with van der Waals surface area (Å²) in [5.41, 5.74) is 7.65. The van der Waals surface area contributed by atoms with E-state index in [-0.39, 0.29) is 6.61 Å². The van der Waals surface area contributed by atoms with E-state index in [1.165, 1.54) is 30.8 Å². The Labute approximate surface area is 201 Å². The molecular formula is C26H24F3N3O3. The lowest BCUT2D eigenvalue weighted by atomic mass is 10.1. The van der Waals surface area contributed by atoms with Crippen LogP contribution in [0.3, 0.4) is 0 Å². The van der Waals surface area contributed by atoms with Gasteiger partial charge in [-0.3, -0.25) is 19.6 Å². The fraction of sp³-hybridized carbons (Fsp3) is 0.154. The number of aromatic nitrogens is 1. The van der Waals surface area contributed by atoms with Crippen LogP contribution in [-0.2, 0) is 22.2 Å². The third-order valence-electron chi connectivity index (χ3n) is 4.61. The number of hydrogen-bond donors (Lipinski definition) is 1. The minimum atomic E-state index is -4.39. The molecule has 9 heteroatoms. The van der Waals surface area contributed by atoms with Crippen molar-refractivity contribution in [3.8, 4) is 5.75 Å².